The van der Waals surface area contributed by atoms with Crippen molar-refractivity contribution in [1.29, 1.82) is 0 Å². The maximum absolute atomic E-state index is 15.7. The molecule has 0 unspecified atom stereocenters. The highest BCUT2D eigenvalue weighted by Gasteiger charge is 2.30. The molecule has 1 aromatic carbocycles. The van der Waals surface area contributed by atoms with Crippen LogP contribution in [0.3, 0.4) is 0 Å². The van der Waals surface area contributed by atoms with Gasteiger partial charge in [0.2, 0.25) is 21.6 Å². The Hall–Kier alpha value is -2.97. The molecule has 0 N–H and O–H groups in total. The second-order valence-corrected chi connectivity index (χ2v) is 17.6. The zero-order chi connectivity index (χ0) is 28.3. The van der Waals surface area contributed by atoms with Crippen molar-refractivity contribution in [3.05, 3.63) is 52.2 Å². The molecule has 0 fully saturated rings. The summed E-state index contributed by atoms with van der Waals surface area (Å²) in [7, 11) is -4.27. The SMILES string of the molecule is Cc1c(Oc2c(F)cnc(N(COCC[Si](C)(C)C)S(=O)(=O)CCCF)c2F)ccc2ncn(C)c(=O)c12. The molecule has 0 amide bonds. The van der Waals surface area contributed by atoms with E-state index in [1.165, 1.54) is 30.1 Å². The minimum absolute atomic E-state index is 0.0317. The molecule has 0 atom stereocenters. The minimum Gasteiger partial charge on any atom is -0.451 e. The first-order valence-corrected chi connectivity index (χ1v) is 17.2. The minimum atomic E-state index is -4.28. The van der Waals surface area contributed by atoms with Crippen molar-refractivity contribution in [3.8, 4) is 11.5 Å². The molecular formula is C24H31F3N4O5SSi. The standard InChI is InChI=1S/C24H31F3N4O5SSi/c1-16-19(8-7-18-20(16)24(32)30(2)14-29-18)36-22-17(26)13-28-23(21(22)27)31(37(33,34)11-6-9-25)15-35-10-12-38(3,4)5/h7-8,13-14H,6,9-12,15H2,1-5H3. The van der Waals surface area contributed by atoms with E-state index in [1.54, 1.807) is 6.92 Å². The fraction of sp³-hybridized carbons (Fsp3) is 0.458. The third-order valence-electron chi connectivity index (χ3n) is 5.74. The summed E-state index contributed by atoms with van der Waals surface area (Å²) in [6, 6.07) is 3.59. The lowest BCUT2D eigenvalue weighted by atomic mass is 10.1. The number of sulfonamides is 1. The number of pyridine rings is 1. The third kappa shape index (κ3) is 6.72. The predicted molar refractivity (Wildman–Crippen MR) is 142 cm³/mol. The maximum atomic E-state index is 15.7. The first-order chi connectivity index (χ1) is 17.8. The van der Waals surface area contributed by atoms with E-state index in [2.05, 4.69) is 29.6 Å². The number of ether oxygens (including phenoxy) is 2. The van der Waals surface area contributed by atoms with Gasteiger partial charge in [0.15, 0.2) is 11.6 Å². The first kappa shape index (κ1) is 29.6. The van der Waals surface area contributed by atoms with Crippen LogP contribution in [0.1, 0.15) is 12.0 Å². The molecule has 0 bridgehead atoms. The van der Waals surface area contributed by atoms with Crippen LogP contribution in [-0.2, 0) is 21.8 Å². The number of fused-ring (bicyclic) bond motifs is 1. The second-order valence-electron chi connectivity index (χ2n) is 9.97. The number of benzene rings is 1. The topological polar surface area (TPSA) is 104 Å². The molecule has 2 aromatic heterocycles. The van der Waals surface area contributed by atoms with Gasteiger partial charge in [0, 0.05) is 27.3 Å². The first-order valence-electron chi connectivity index (χ1n) is 11.9. The van der Waals surface area contributed by atoms with Crippen LogP contribution in [0.5, 0.6) is 11.5 Å². The Kier molecular flexibility index (Phi) is 9.20. The van der Waals surface area contributed by atoms with Crippen molar-refractivity contribution in [2.45, 2.75) is 39.0 Å². The Morgan fingerprint density at radius 2 is 1.87 bits per heavy atom. The fourth-order valence-corrected chi connectivity index (χ4v) is 5.58. The van der Waals surface area contributed by atoms with Gasteiger partial charge in [-0.15, -0.1) is 0 Å². The number of aromatic nitrogens is 3. The van der Waals surface area contributed by atoms with Crippen molar-refractivity contribution in [1.82, 2.24) is 14.5 Å². The molecule has 0 saturated heterocycles. The van der Waals surface area contributed by atoms with Crippen molar-refractivity contribution >= 4 is 34.8 Å². The monoisotopic (exact) mass is 572 g/mol. The molecular weight excluding hydrogens is 541 g/mol. The van der Waals surface area contributed by atoms with E-state index in [1.807, 2.05) is 0 Å². The van der Waals surface area contributed by atoms with Gasteiger partial charge in [-0.25, -0.2) is 27.1 Å². The van der Waals surface area contributed by atoms with Gasteiger partial charge < -0.3 is 14.0 Å². The molecule has 0 aliphatic carbocycles. The van der Waals surface area contributed by atoms with Crippen LogP contribution in [0, 0.1) is 18.6 Å². The largest absolute Gasteiger partial charge is 0.451 e. The number of aryl methyl sites for hydroxylation is 2. The van der Waals surface area contributed by atoms with E-state index < -0.39 is 60.5 Å². The molecule has 0 aliphatic heterocycles. The molecule has 2 heterocycles. The fourth-order valence-electron chi connectivity index (χ4n) is 3.51. The molecule has 3 aromatic rings. The van der Waals surface area contributed by atoms with Crippen LogP contribution in [0.2, 0.25) is 25.7 Å². The molecule has 9 nitrogen and oxygen atoms in total. The highest BCUT2D eigenvalue weighted by molar-refractivity contribution is 7.92. The highest BCUT2D eigenvalue weighted by atomic mass is 32.2. The van der Waals surface area contributed by atoms with E-state index in [0.29, 0.717) is 22.1 Å². The van der Waals surface area contributed by atoms with Gasteiger partial charge in [-0.05, 0) is 31.5 Å². The van der Waals surface area contributed by atoms with Crippen LogP contribution < -0.4 is 14.6 Å². The Labute approximate surface area is 220 Å². The van der Waals surface area contributed by atoms with E-state index in [9.17, 15) is 22.0 Å². The molecule has 0 saturated carbocycles. The number of hydrogen-bond acceptors (Lipinski definition) is 7. The van der Waals surface area contributed by atoms with Gasteiger partial charge in [0.1, 0.15) is 12.5 Å². The molecule has 208 valence electrons. The Balaban J connectivity index is 2.03. The summed E-state index contributed by atoms with van der Waals surface area (Å²) in [5.41, 5.74) is 0.278. The number of hydrogen-bond donors (Lipinski definition) is 0. The van der Waals surface area contributed by atoms with Crippen LogP contribution in [0.25, 0.3) is 10.9 Å². The lowest BCUT2D eigenvalue weighted by Crippen LogP contribution is -2.37. The van der Waals surface area contributed by atoms with Gasteiger partial charge in [-0.3, -0.25) is 9.18 Å². The Morgan fingerprint density at radius 3 is 2.53 bits per heavy atom. The van der Waals surface area contributed by atoms with Crippen molar-refractivity contribution in [2.24, 2.45) is 7.05 Å². The Bertz CT molecular complexity index is 1480. The van der Waals surface area contributed by atoms with Crippen LogP contribution in [-0.4, -0.2) is 56.8 Å². The van der Waals surface area contributed by atoms with Gasteiger partial charge >= 0.3 is 0 Å². The summed E-state index contributed by atoms with van der Waals surface area (Å²) in [5.74, 6) is -4.90. The smallest absolute Gasteiger partial charge is 0.261 e. The summed E-state index contributed by atoms with van der Waals surface area (Å²) in [6.07, 6.45) is 1.66. The predicted octanol–water partition coefficient (Wildman–Crippen LogP) is 4.52. The normalized spacial score (nSPS) is 12.2. The van der Waals surface area contributed by atoms with Gasteiger partial charge in [-0.1, -0.05) is 19.6 Å². The molecule has 0 spiro atoms. The average molecular weight is 573 g/mol. The van der Waals surface area contributed by atoms with Gasteiger partial charge in [-0.2, -0.15) is 4.39 Å². The quantitative estimate of drug-likeness (QED) is 0.179. The van der Waals surface area contributed by atoms with Gasteiger partial charge in [0.05, 0.1) is 35.9 Å². The second kappa shape index (κ2) is 11.8. The average Bonchev–Trinajstić information content (AvgIpc) is 2.84. The number of halogens is 3. The van der Waals surface area contributed by atoms with Crippen LogP contribution in [0.4, 0.5) is 19.0 Å². The number of nitrogens with zero attached hydrogens (tertiary/aromatic N) is 4. The molecule has 0 aliphatic rings. The number of alkyl halides is 1. The summed E-state index contributed by atoms with van der Waals surface area (Å²) in [6.45, 7) is 6.60. The molecule has 38 heavy (non-hydrogen) atoms. The summed E-state index contributed by atoms with van der Waals surface area (Å²) in [5, 5.41) is 0.203. The zero-order valence-corrected chi connectivity index (χ0v) is 23.7. The summed E-state index contributed by atoms with van der Waals surface area (Å²) < 4.78 is 82.0. The van der Waals surface area contributed by atoms with Crippen LogP contribution >= 0.6 is 0 Å². The van der Waals surface area contributed by atoms with Crippen molar-refractivity contribution < 1.29 is 31.1 Å². The summed E-state index contributed by atoms with van der Waals surface area (Å²) in [4.78, 5) is 20.4. The lowest BCUT2D eigenvalue weighted by molar-refractivity contribution is 0.155. The van der Waals surface area contributed by atoms with Crippen LogP contribution in [0.15, 0.2) is 29.5 Å². The maximum Gasteiger partial charge on any atom is 0.261 e. The number of anilines is 1. The zero-order valence-electron chi connectivity index (χ0n) is 21.9. The van der Waals surface area contributed by atoms with Gasteiger partial charge in [0.25, 0.3) is 5.56 Å². The van der Waals surface area contributed by atoms with Crippen molar-refractivity contribution in [3.63, 3.8) is 0 Å². The number of rotatable bonds is 12. The lowest BCUT2D eigenvalue weighted by Gasteiger charge is -2.25. The molecule has 3 rings (SSSR count). The third-order valence-corrected chi connectivity index (χ3v) is 9.19. The Morgan fingerprint density at radius 1 is 1.16 bits per heavy atom. The van der Waals surface area contributed by atoms with E-state index in [0.717, 1.165) is 0 Å². The van der Waals surface area contributed by atoms with E-state index in [-0.39, 0.29) is 35.3 Å². The summed E-state index contributed by atoms with van der Waals surface area (Å²) >= 11 is 0. The molecule has 0 radical (unpaired) electrons. The molecule has 14 heteroatoms. The highest BCUT2D eigenvalue weighted by Crippen LogP contribution is 2.35. The van der Waals surface area contributed by atoms with E-state index >= 15 is 4.39 Å². The van der Waals surface area contributed by atoms with Crippen molar-refractivity contribution in [2.75, 3.05) is 30.1 Å². The van der Waals surface area contributed by atoms with E-state index in [4.69, 9.17) is 9.47 Å².